The van der Waals surface area contributed by atoms with Crippen LogP contribution in [0.5, 0.6) is 0 Å². The van der Waals surface area contributed by atoms with Gasteiger partial charge >= 0.3 is 0 Å². The van der Waals surface area contributed by atoms with Gasteiger partial charge in [-0.15, -0.1) is 0 Å². The average Bonchev–Trinajstić information content (AvgIpc) is 2.19. The lowest BCUT2D eigenvalue weighted by molar-refractivity contribution is 0.197. The lowest BCUT2D eigenvalue weighted by Gasteiger charge is -2.25. The van der Waals surface area contributed by atoms with Gasteiger partial charge in [-0.25, -0.2) is 4.39 Å². The fourth-order valence-corrected chi connectivity index (χ4v) is 1.48. The third-order valence-corrected chi connectivity index (χ3v) is 2.17. The Morgan fingerprint density at radius 3 is 3.00 bits per heavy atom. The van der Waals surface area contributed by atoms with Crippen LogP contribution in [-0.2, 0) is 5.79 Å². The van der Waals surface area contributed by atoms with Gasteiger partial charge in [0.05, 0.1) is 0 Å². The molecular formula is C10H8ClFN2. The molecule has 1 aliphatic rings. The lowest BCUT2D eigenvalue weighted by Crippen LogP contribution is -2.35. The summed E-state index contributed by atoms with van der Waals surface area (Å²) >= 11 is 5.69. The highest BCUT2D eigenvalue weighted by Gasteiger charge is 2.30. The first-order chi connectivity index (χ1) is 6.71. The van der Waals surface area contributed by atoms with Gasteiger partial charge in [-0.2, -0.15) is 0 Å². The zero-order valence-electron chi connectivity index (χ0n) is 7.24. The highest BCUT2D eigenvalue weighted by molar-refractivity contribution is 6.29. The van der Waals surface area contributed by atoms with E-state index in [1.807, 2.05) is 0 Å². The van der Waals surface area contributed by atoms with E-state index in [-0.39, 0.29) is 5.16 Å². The van der Waals surface area contributed by atoms with Crippen LogP contribution in [0.4, 0.5) is 4.39 Å². The van der Waals surface area contributed by atoms with Crippen LogP contribution in [-0.4, -0.2) is 4.98 Å². The van der Waals surface area contributed by atoms with Crippen molar-refractivity contribution in [2.24, 2.45) is 0 Å². The van der Waals surface area contributed by atoms with Gasteiger partial charge in [-0.05, 0) is 18.2 Å². The summed E-state index contributed by atoms with van der Waals surface area (Å²) < 4.78 is 14.2. The highest BCUT2D eigenvalue weighted by Crippen LogP contribution is 2.28. The maximum absolute atomic E-state index is 14.2. The Morgan fingerprint density at radius 2 is 2.36 bits per heavy atom. The Balaban J connectivity index is 2.35. The van der Waals surface area contributed by atoms with Crippen LogP contribution in [0.3, 0.4) is 0 Å². The van der Waals surface area contributed by atoms with E-state index in [2.05, 4.69) is 10.3 Å². The molecular weight excluding hydrogens is 203 g/mol. The third-order valence-electron chi connectivity index (χ3n) is 1.95. The minimum atomic E-state index is -1.75. The molecule has 1 atom stereocenters. The fourth-order valence-electron chi connectivity index (χ4n) is 1.27. The first-order valence-corrected chi connectivity index (χ1v) is 4.51. The molecule has 0 spiro atoms. The number of allylic oxidation sites excluding steroid dienone is 2. The SMILES string of the molecule is FC1(c2cccnc2)C=CC=C(Cl)N1. The van der Waals surface area contributed by atoms with Crippen molar-refractivity contribution in [2.75, 3.05) is 0 Å². The average molecular weight is 211 g/mol. The largest absolute Gasteiger partial charge is 0.337 e. The Kier molecular flexibility index (Phi) is 2.25. The van der Waals surface area contributed by atoms with Crippen LogP contribution in [0.25, 0.3) is 0 Å². The maximum Gasteiger partial charge on any atom is 0.227 e. The van der Waals surface area contributed by atoms with Crippen molar-refractivity contribution in [3.05, 3.63) is 53.5 Å². The van der Waals surface area contributed by atoms with Crippen LogP contribution in [0.15, 0.2) is 47.9 Å². The molecule has 0 aliphatic carbocycles. The molecule has 4 heteroatoms. The summed E-state index contributed by atoms with van der Waals surface area (Å²) in [5.41, 5.74) is 0.433. The number of hydrogen-bond donors (Lipinski definition) is 1. The van der Waals surface area contributed by atoms with Gasteiger partial charge in [0.15, 0.2) is 0 Å². The summed E-state index contributed by atoms with van der Waals surface area (Å²) in [5, 5.41) is 2.82. The van der Waals surface area contributed by atoms with Crippen molar-refractivity contribution in [2.45, 2.75) is 5.79 Å². The fraction of sp³-hybridized carbons (Fsp3) is 0.100. The first kappa shape index (κ1) is 9.21. The number of nitrogens with zero attached hydrogens (tertiary/aromatic N) is 1. The van der Waals surface area contributed by atoms with Gasteiger partial charge in [-0.3, -0.25) is 4.98 Å². The van der Waals surface area contributed by atoms with E-state index in [4.69, 9.17) is 11.6 Å². The van der Waals surface area contributed by atoms with Crippen molar-refractivity contribution in [1.29, 1.82) is 0 Å². The summed E-state index contributed by atoms with van der Waals surface area (Å²) in [4.78, 5) is 3.85. The van der Waals surface area contributed by atoms with E-state index in [1.54, 1.807) is 30.5 Å². The minimum absolute atomic E-state index is 0.277. The molecule has 2 heterocycles. The number of alkyl halides is 1. The smallest absolute Gasteiger partial charge is 0.227 e. The molecule has 2 nitrogen and oxygen atoms in total. The van der Waals surface area contributed by atoms with Crippen molar-refractivity contribution in [1.82, 2.24) is 10.3 Å². The van der Waals surface area contributed by atoms with Crippen molar-refractivity contribution in [3.63, 3.8) is 0 Å². The van der Waals surface area contributed by atoms with E-state index in [1.165, 1.54) is 12.3 Å². The monoisotopic (exact) mass is 210 g/mol. The maximum atomic E-state index is 14.2. The summed E-state index contributed by atoms with van der Waals surface area (Å²) in [5.74, 6) is -1.75. The molecule has 0 saturated heterocycles. The molecule has 0 fully saturated rings. The summed E-state index contributed by atoms with van der Waals surface area (Å²) in [6, 6.07) is 3.33. The molecule has 0 aromatic carbocycles. The lowest BCUT2D eigenvalue weighted by atomic mass is 10.0. The third kappa shape index (κ3) is 1.63. The molecule has 1 aliphatic heterocycles. The summed E-state index contributed by atoms with van der Waals surface area (Å²) in [6.45, 7) is 0. The Labute approximate surface area is 86.1 Å². The van der Waals surface area contributed by atoms with Gasteiger partial charge in [0.1, 0.15) is 5.16 Å². The van der Waals surface area contributed by atoms with E-state index >= 15 is 0 Å². The van der Waals surface area contributed by atoms with E-state index in [0.717, 1.165) is 0 Å². The zero-order valence-corrected chi connectivity index (χ0v) is 8.00. The second-order valence-corrected chi connectivity index (χ2v) is 3.36. The van der Waals surface area contributed by atoms with Crippen molar-refractivity contribution >= 4 is 11.6 Å². The molecule has 0 radical (unpaired) electrons. The molecule has 1 aromatic rings. The van der Waals surface area contributed by atoms with Crippen LogP contribution >= 0.6 is 11.6 Å². The molecule has 1 aromatic heterocycles. The molecule has 0 amide bonds. The number of pyridine rings is 1. The van der Waals surface area contributed by atoms with Gasteiger partial charge in [0.25, 0.3) is 0 Å². The Morgan fingerprint density at radius 1 is 1.50 bits per heavy atom. The number of halogens is 2. The molecule has 2 rings (SSSR count). The Hall–Kier alpha value is -1.35. The summed E-state index contributed by atoms with van der Waals surface area (Å²) in [6.07, 6.45) is 7.63. The second kappa shape index (κ2) is 3.42. The predicted molar refractivity (Wildman–Crippen MR) is 53.2 cm³/mol. The minimum Gasteiger partial charge on any atom is -0.337 e. The molecule has 0 bridgehead atoms. The van der Waals surface area contributed by atoms with Crippen molar-refractivity contribution in [3.8, 4) is 0 Å². The molecule has 1 unspecified atom stereocenters. The molecule has 14 heavy (non-hydrogen) atoms. The number of hydrogen-bond acceptors (Lipinski definition) is 2. The second-order valence-electron chi connectivity index (χ2n) is 2.95. The zero-order chi connectivity index (χ0) is 10.0. The highest BCUT2D eigenvalue weighted by atomic mass is 35.5. The van der Waals surface area contributed by atoms with Gasteiger partial charge in [0.2, 0.25) is 5.79 Å². The first-order valence-electron chi connectivity index (χ1n) is 4.13. The number of aromatic nitrogens is 1. The van der Waals surface area contributed by atoms with Gasteiger partial charge < -0.3 is 5.32 Å². The van der Waals surface area contributed by atoms with Crippen LogP contribution in [0.2, 0.25) is 0 Å². The Bertz CT molecular complexity index is 388. The quantitative estimate of drug-likeness (QED) is 0.721. The van der Waals surface area contributed by atoms with E-state index in [9.17, 15) is 4.39 Å². The normalized spacial score (nSPS) is 25.4. The number of nitrogens with one attached hydrogen (secondary N) is 1. The van der Waals surface area contributed by atoms with Gasteiger partial charge in [-0.1, -0.05) is 23.7 Å². The van der Waals surface area contributed by atoms with E-state index < -0.39 is 5.79 Å². The molecule has 72 valence electrons. The van der Waals surface area contributed by atoms with Gasteiger partial charge in [0, 0.05) is 18.0 Å². The molecule has 1 N–H and O–H groups in total. The van der Waals surface area contributed by atoms with Crippen molar-refractivity contribution < 1.29 is 4.39 Å². The molecule has 0 saturated carbocycles. The predicted octanol–water partition coefficient (Wildman–Crippen LogP) is 2.44. The summed E-state index contributed by atoms with van der Waals surface area (Å²) in [7, 11) is 0. The topological polar surface area (TPSA) is 24.9 Å². The van der Waals surface area contributed by atoms with Crippen LogP contribution in [0, 0.1) is 0 Å². The van der Waals surface area contributed by atoms with Crippen LogP contribution in [0.1, 0.15) is 5.56 Å². The number of dihydropyridines is 1. The standard InChI is InChI=1S/C10H8ClFN2/c11-9-4-1-5-10(12,14-9)8-3-2-6-13-7-8/h1-7,14H. The number of rotatable bonds is 1. The van der Waals surface area contributed by atoms with E-state index in [0.29, 0.717) is 5.56 Å². The van der Waals surface area contributed by atoms with Crippen LogP contribution < -0.4 is 5.32 Å².